The second kappa shape index (κ2) is 9.36. The third-order valence-corrected chi connectivity index (χ3v) is 5.07. The van der Waals surface area contributed by atoms with Crippen molar-refractivity contribution in [2.45, 2.75) is 72.6 Å². The van der Waals surface area contributed by atoms with Crippen molar-refractivity contribution in [2.75, 3.05) is 7.05 Å². The highest BCUT2D eigenvalue weighted by molar-refractivity contribution is 7.11. The number of aryl methyl sites for hydroxylation is 1. The van der Waals surface area contributed by atoms with Gasteiger partial charge in [-0.1, -0.05) is 13.8 Å². The van der Waals surface area contributed by atoms with Crippen LogP contribution in [0.2, 0.25) is 0 Å². The Bertz CT molecular complexity index is 722. The number of rotatable bonds is 7. The van der Waals surface area contributed by atoms with Crippen molar-refractivity contribution in [3.05, 3.63) is 15.6 Å². The summed E-state index contributed by atoms with van der Waals surface area (Å²) in [7, 11) is 1.64. The number of aromatic nitrogens is 1. The molecule has 2 atom stereocenters. The lowest BCUT2D eigenvalue weighted by molar-refractivity contribution is -0.147. The van der Waals surface area contributed by atoms with Gasteiger partial charge in [-0.2, -0.15) is 0 Å². The van der Waals surface area contributed by atoms with Crippen LogP contribution in [0.4, 0.5) is 4.79 Å². The van der Waals surface area contributed by atoms with Crippen LogP contribution < -0.4 is 0 Å². The van der Waals surface area contributed by atoms with E-state index in [0.717, 1.165) is 0 Å². The molecule has 28 heavy (non-hydrogen) atoms. The fourth-order valence-electron chi connectivity index (χ4n) is 2.72. The molecule has 0 saturated carbocycles. The molecule has 9 heteroatoms. The monoisotopic (exact) mass is 414 g/mol. The number of thiazole rings is 1. The minimum Gasteiger partial charge on any atom is -0.476 e. The molecule has 0 aliphatic carbocycles. The van der Waals surface area contributed by atoms with E-state index in [2.05, 4.69) is 4.98 Å². The van der Waals surface area contributed by atoms with E-state index < -0.39 is 29.7 Å². The predicted octanol–water partition coefficient (Wildman–Crippen LogP) is 4.04. The normalized spacial score (nSPS) is 13.8. The fourth-order valence-corrected chi connectivity index (χ4v) is 3.67. The number of carbonyl (C=O) groups is 3. The average molecular weight is 415 g/mol. The van der Waals surface area contributed by atoms with Gasteiger partial charge in [-0.05, 0) is 33.6 Å². The van der Waals surface area contributed by atoms with Crippen molar-refractivity contribution >= 4 is 29.4 Å². The van der Waals surface area contributed by atoms with E-state index in [4.69, 9.17) is 9.47 Å². The number of nitrogens with zero attached hydrogens (tertiary/aromatic N) is 2. The van der Waals surface area contributed by atoms with E-state index in [9.17, 15) is 19.5 Å². The van der Waals surface area contributed by atoms with Crippen LogP contribution in [0.25, 0.3) is 0 Å². The highest BCUT2D eigenvalue weighted by Crippen LogP contribution is 2.32. The number of aromatic carboxylic acids is 1. The van der Waals surface area contributed by atoms with Crippen LogP contribution in [0, 0.1) is 12.8 Å². The molecule has 0 radical (unpaired) electrons. The van der Waals surface area contributed by atoms with Gasteiger partial charge in [-0.3, -0.25) is 4.79 Å². The molecular formula is C19H30N2O6S. The van der Waals surface area contributed by atoms with Gasteiger partial charge in [0, 0.05) is 31.3 Å². The molecule has 0 aromatic carbocycles. The Labute approximate surface area is 169 Å². The van der Waals surface area contributed by atoms with Gasteiger partial charge in [0.1, 0.15) is 10.6 Å². The highest BCUT2D eigenvalue weighted by atomic mass is 32.1. The van der Waals surface area contributed by atoms with Crippen LogP contribution in [-0.4, -0.2) is 51.7 Å². The lowest BCUT2D eigenvalue weighted by Crippen LogP contribution is -2.44. The molecule has 1 heterocycles. The lowest BCUT2D eigenvalue weighted by Gasteiger charge is -2.34. The molecule has 0 spiro atoms. The highest BCUT2D eigenvalue weighted by Gasteiger charge is 2.33. The molecule has 1 aromatic rings. The molecule has 0 unspecified atom stereocenters. The average Bonchev–Trinajstić information content (AvgIpc) is 2.90. The molecular weight excluding hydrogens is 384 g/mol. The summed E-state index contributed by atoms with van der Waals surface area (Å²) in [4.78, 5) is 41.6. The second-order valence-electron chi connectivity index (χ2n) is 8.00. The Balaban J connectivity index is 3.16. The number of ether oxygens (including phenoxy) is 2. The van der Waals surface area contributed by atoms with E-state index in [-0.39, 0.29) is 24.1 Å². The smallest absolute Gasteiger partial charge is 0.410 e. The van der Waals surface area contributed by atoms with Crippen molar-refractivity contribution < 1.29 is 29.0 Å². The van der Waals surface area contributed by atoms with Crippen molar-refractivity contribution in [3.8, 4) is 0 Å². The summed E-state index contributed by atoms with van der Waals surface area (Å²) >= 11 is 1.17. The van der Waals surface area contributed by atoms with Crippen LogP contribution in [0.5, 0.6) is 0 Å². The van der Waals surface area contributed by atoms with Crippen molar-refractivity contribution in [2.24, 2.45) is 5.92 Å². The van der Waals surface area contributed by atoms with Crippen molar-refractivity contribution in [1.29, 1.82) is 0 Å². The third-order valence-electron chi connectivity index (χ3n) is 4.00. The predicted molar refractivity (Wildman–Crippen MR) is 106 cm³/mol. The van der Waals surface area contributed by atoms with Gasteiger partial charge in [0.15, 0.2) is 11.8 Å². The molecule has 0 saturated heterocycles. The molecule has 8 nitrogen and oxygen atoms in total. The van der Waals surface area contributed by atoms with Crippen LogP contribution in [0.3, 0.4) is 0 Å². The molecule has 1 N–H and O–H groups in total. The maximum Gasteiger partial charge on any atom is 0.410 e. The van der Waals surface area contributed by atoms with Gasteiger partial charge >= 0.3 is 18.0 Å². The molecule has 0 bridgehead atoms. The van der Waals surface area contributed by atoms with E-state index in [1.54, 1.807) is 34.7 Å². The first kappa shape index (κ1) is 23.9. The zero-order valence-corrected chi connectivity index (χ0v) is 18.5. The van der Waals surface area contributed by atoms with E-state index >= 15 is 0 Å². The quantitative estimate of drug-likeness (QED) is 0.671. The molecule has 0 fully saturated rings. The summed E-state index contributed by atoms with van der Waals surface area (Å²) in [5.74, 6) is -1.60. The molecule has 0 aliphatic rings. The van der Waals surface area contributed by atoms with Gasteiger partial charge in [0.25, 0.3) is 0 Å². The largest absolute Gasteiger partial charge is 0.476 e. The van der Waals surface area contributed by atoms with Gasteiger partial charge in [0.2, 0.25) is 0 Å². The van der Waals surface area contributed by atoms with Gasteiger partial charge in [0.05, 0.1) is 0 Å². The summed E-state index contributed by atoms with van der Waals surface area (Å²) in [6.07, 6.45) is -0.958. The summed E-state index contributed by atoms with van der Waals surface area (Å²) < 4.78 is 10.9. The first-order valence-electron chi connectivity index (χ1n) is 9.06. The first-order valence-corrected chi connectivity index (χ1v) is 9.88. The summed E-state index contributed by atoms with van der Waals surface area (Å²) in [6.45, 7) is 12.2. The summed E-state index contributed by atoms with van der Waals surface area (Å²) in [5, 5.41) is 9.65. The zero-order chi connectivity index (χ0) is 21.8. The standard InChI is InChI=1S/C19H30N2O6S/c1-10(2)13(21(8)18(25)27-19(5,6)7)9-14(26-12(4)22)16-20-15(17(23)24)11(3)28-16/h10,13-14H,9H2,1-8H3,(H,23,24)/t13-,14-/m1/s1. The topological polar surface area (TPSA) is 106 Å². The maximum absolute atomic E-state index is 12.5. The van der Waals surface area contributed by atoms with Crippen molar-refractivity contribution in [3.63, 3.8) is 0 Å². The van der Waals surface area contributed by atoms with Gasteiger partial charge in [-0.15, -0.1) is 11.3 Å². The first-order chi connectivity index (χ1) is 12.7. The Hall–Kier alpha value is -2.16. The van der Waals surface area contributed by atoms with Crippen LogP contribution in [-0.2, 0) is 14.3 Å². The Morgan fingerprint density at radius 3 is 2.21 bits per heavy atom. The molecule has 1 rings (SSSR count). The fraction of sp³-hybridized carbons (Fsp3) is 0.684. The molecule has 0 aliphatic heterocycles. The Kier molecular flexibility index (Phi) is 7.98. The number of hydrogen-bond acceptors (Lipinski definition) is 7. The second-order valence-corrected chi connectivity index (χ2v) is 9.23. The number of amides is 1. The summed E-state index contributed by atoms with van der Waals surface area (Å²) in [6, 6.07) is -0.309. The number of carbonyl (C=O) groups excluding carboxylic acids is 2. The lowest BCUT2D eigenvalue weighted by atomic mass is 9.96. The number of hydrogen-bond donors (Lipinski definition) is 1. The number of carboxylic acid groups (broad SMARTS) is 1. The number of esters is 1. The van der Waals surface area contributed by atoms with Crippen LogP contribution >= 0.6 is 11.3 Å². The Morgan fingerprint density at radius 2 is 1.82 bits per heavy atom. The maximum atomic E-state index is 12.5. The minimum absolute atomic E-state index is 0.0376. The van der Waals surface area contributed by atoms with Crippen LogP contribution in [0.15, 0.2) is 0 Å². The zero-order valence-electron chi connectivity index (χ0n) is 17.7. The third kappa shape index (κ3) is 6.78. The summed E-state index contributed by atoms with van der Waals surface area (Å²) in [5.41, 5.74) is -0.691. The molecule has 1 aromatic heterocycles. The van der Waals surface area contributed by atoms with E-state index in [1.165, 1.54) is 23.2 Å². The Morgan fingerprint density at radius 1 is 1.25 bits per heavy atom. The minimum atomic E-state index is -1.13. The molecule has 158 valence electrons. The van der Waals surface area contributed by atoms with Gasteiger partial charge in [-0.25, -0.2) is 14.6 Å². The molecule has 1 amide bonds. The van der Waals surface area contributed by atoms with Gasteiger partial charge < -0.3 is 19.5 Å². The van der Waals surface area contributed by atoms with Crippen molar-refractivity contribution in [1.82, 2.24) is 9.88 Å². The number of carboxylic acids is 1. The SMILES string of the molecule is CC(=O)O[C@H](C[C@H](C(C)C)N(C)C(=O)OC(C)(C)C)c1nc(C(=O)O)c(C)s1. The van der Waals surface area contributed by atoms with Crippen LogP contribution in [0.1, 0.15) is 74.4 Å². The van der Waals surface area contributed by atoms with E-state index in [1.807, 2.05) is 13.8 Å². The van der Waals surface area contributed by atoms with E-state index in [0.29, 0.717) is 9.88 Å².